The number of carbonyl (C=O) groups excluding carboxylic acids is 1. The molecular formula is C24H22BN5O2. The van der Waals surface area contributed by atoms with Gasteiger partial charge >= 0.3 is 0 Å². The van der Waals surface area contributed by atoms with Gasteiger partial charge in [-0.05, 0) is 35.5 Å². The van der Waals surface area contributed by atoms with Crippen molar-refractivity contribution < 1.29 is 9.90 Å². The number of benzene rings is 2. The van der Waals surface area contributed by atoms with Crippen molar-refractivity contribution in [2.24, 2.45) is 5.92 Å². The van der Waals surface area contributed by atoms with Crippen LogP contribution in [0.5, 0.6) is 5.75 Å². The molecule has 2 atom stereocenters. The summed E-state index contributed by atoms with van der Waals surface area (Å²) in [4.78, 5) is 17.0. The van der Waals surface area contributed by atoms with E-state index in [0.29, 0.717) is 47.2 Å². The number of phenolic OH excluding ortho intramolecular Hbond substituents is 1. The molecule has 0 spiro atoms. The van der Waals surface area contributed by atoms with Crippen LogP contribution >= 0.6 is 0 Å². The van der Waals surface area contributed by atoms with Crippen molar-refractivity contribution in [2.45, 2.75) is 12.3 Å². The molecule has 1 amide bonds. The fraction of sp³-hybridized carbons (Fsp3) is 0.208. The minimum Gasteiger partial charge on any atom is -0.507 e. The van der Waals surface area contributed by atoms with Crippen LogP contribution < -0.4 is 16.1 Å². The molecule has 2 heterocycles. The van der Waals surface area contributed by atoms with Crippen molar-refractivity contribution in [3.05, 3.63) is 72.4 Å². The highest BCUT2D eigenvalue weighted by molar-refractivity contribution is 6.36. The van der Waals surface area contributed by atoms with Crippen LogP contribution in [0.1, 0.15) is 17.9 Å². The average molecular weight is 423 g/mol. The van der Waals surface area contributed by atoms with Gasteiger partial charge in [-0.1, -0.05) is 42.5 Å². The van der Waals surface area contributed by atoms with E-state index in [2.05, 4.69) is 32.8 Å². The highest BCUT2D eigenvalue weighted by Gasteiger charge is 2.43. The number of rotatable bonds is 7. The standard InChI is InChI=1S/C24H22BN5O2/c25-19-14-28-30-22(13-20(29-23(19)30)16-8-4-5-9-21(16)31)26-10-11-27-24(32)18-12-17(18)15-6-2-1-3-7-15/h1-9,13-14,17-18,26,31H,10-12H2,(H,27,32)/t17-,18+/m0/s1. The van der Waals surface area contributed by atoms with E-state index >= 15 is 0 Å². The molecule has 8 heteroatoms. The van der Waals surface area contributed by atoms with Crippen LogP contribution in [-0.4, -0.2) is 46.5 Å². The van der Waals surface area contributed by atoms with Crippen molar-refractivity contribution in [3.8, 4) is 17.0 Å². The summed E-state index contributed by atoms with van der Waals surface area (Å²) in [5, 5.41) is 20.8. The summed E-state index contributed by atoms with van der Waals surface area (Å²) in [5.74, 6) is 1.25. The second kappa shape index (κ2) is 8.38. The van der Waals surface area contributed by atoms with Gasteiger partial charge in [0.2, 0.25) is 5.91 Å². The molecule has 0 unspecified atom stereocenters. The second-order valence-electron chi connectivity index (χ2n) is 7.96. The molecule has 0 bridgehead atoms. The summed E-state index contributed by atoms with van der Waals surface area (Å²) in [6.07, 6.45) is 2.44. The third-order valence-corrected chi connectivity index (χ3v) is 5.76. The maximum atomic E-state index is 12.5. The van der Waals surface area contributed by atoms with Crippen LogP contribution in [0, 0.1) is 5.92 Å². The number of nitrogens with zero attached hydrogens (tertiary/aromatic N) is 3. The minimum atomic E-state index is 0.0450. The van der Waals surface area contributed by atoms with Crippen LogP contribution in [0.2, 0.25) is 0 Å². The molecule has 1 aliphatic carbocycles. The number of nitrogens with one attached hydrogen (secondary N) is 2. The molecule has 32 heavy (non-hydrogen) atoms. The Morgan fingerprint density at radius 3 is 2.72 bits per heavy atom. The molecular weight excluding hydrogens is 401 g/mol. The first-order valence-corrected chi connectivity index (χ1v) is 10.6. The third kappa shape index (κ3) is 3.91. The SMILES string of the molecule is [B]c1cnn2c(NCCNC(=O)[C@@H]3C[C@H]3c3ccccc3)cc(-c3ccccc3O)nc12. The number of fused-ring (bicyclic) bond motifs is 1. The second-order valence-corrected chi connectivity index (χ2v) is 7.96. The summed E-state index contributed by atoms with van der Waals surface area (Å²) >= 11 is 0. The van der Waals surface area contributed by atoms with Crippen LogP contribution in [0.4, 0.5) is 5.82 Å². The Hall–Kier alpha value is -3.81. The summed E-state index contributed by atoms with van der Waals surface area (Å²) in [6.45, 7) is 0.983. The zero-order valence-corrected chi connectivity index (χ0v) is 17.4. The van der Waals surface area contributed by atoms with Crippen molar-refractivity contribution >= 4 is 30.7 Å². The van der Waals surface area contributed by atoms with E-state index in [9.17, 15) is 9.90 Å². The van der Waals surface area contributed by atoms with Crippen LogP contribution in [0.15, 0.2) is 66.9 Å². The number of carbonyl (C=O) groups is 1. The van der Waals surface area contributed by atoms with E-state index in [-0.39, 0.29) is 17.6 Å². The number of hydrogen-bond acceptors (Lipinski definition) is 5. The normalized spacial score (nSPS) is 17.2. The molecule has 3 N–H and O–H groups in total. The molecule has 158 valence electrons. The van der Waals surface area contributed by atoms with E-state index in [1.54, 1.807) is 28.9 Å². The first kappa shape index (κ1) is 20.1. The quantitative estimate of drug-likeness (QED) is 0.313. The highest BCUT2D eigenvalue weighted by Crippen LogP contribution is 2.47. The van der Waals surface area contributed by atoms with E-state index < -0.39 is 0 Å². The molecule has 2 aromatic carbocycles. The Labute approximate surface area is 186 Å². The lowest BCUT2D eigenvalue weighted by Gasteiger charge is -2.12. The molecule has 0 aliphatic heterocycles. The van der Waals surface area contributed by atoms with Crippen LogP contribution in [0.3, 0.4) is 0 Å². The largest absolute Gasteiger partial charge is 0.507 e. The van der Waals surface area contributed by atoms with Crippen molar-refractivity contribution in [3.63, 3.8) is 0 Å². The van der Waals surface area contributed by atoms with E-state index in [0.717, 1.165) is 6.42 Å². The Balaban J connectivity index is 1.25. The van der Waals surface area contributed by atoms with Gasteiger partial charge in [0.25, 0.3) is 0 Å². The lowest BCUT2D eigenvalue weighted by Crippen LogP contribution is -2.30. The average Bonchev–Trinajstić information content (AvgIpc) is 3.54. The van der Waals surface area contributed by atoms with Gasteiger partial charge in [-0.15, -0.1) is 0 Å². The van der Waals surface area contributed by atoms with Gasteiger partial charge in [-0.25, -0.2) is 4.98 Å². The van der Waals surface area contributed by atoms with Crippen molar-refractivity contribution in [2.75, 3.05) is 18.4 Å². The summed E-state index contributed by atoms with van der Waals surface area (Å²) in [7, 11) is 6.03. The minimum absolute atomic E-state index is 0.0450. The van der Waals surface area contributed by atoms with Crippen LogP contribution in [-0.2, 0) is 4.79 Å². The smallest absolute Gasteiger partial charge is 0.223 e. The molecule has 7 nitrogen and oxygen atoms in total. The first-order chi connectivity index (χ1) is 15.6. The number of aromatic hydroxyl groups is 1. The predicted octanol–water partition coefficient (Wildman–Crippen LogP) is 2.23. The number of para-hydroxylation sites is 1. The number of phenols is 1. The first-order valence-electron chi connectivity index (χ1n) is 10.6. The Morgan fingerprint density at radius 1 is 1.12 bits per heavy atom. The fourth-order valence-corrected chi connectivity index (χ4v) is 3.99. The molecule has 5 rings (SSSR count). The van der Waals surface area contributed by atoms with E-state index in [4.69, 9.17) is 7.85 Å². The summed E-state index contributed by atoms with van der Waals surface area (Å²) in [6, 6.07) is 19.0. The summed E-state index contributed by atoms with van der Waals surface area (Å²) < 4.78 is 1.62. The highest BCUT2D eigenvalue weighted by atomic mass is 16.3. The monoisotopic (exact) mass is 423 g/mol. The van der Waals surface area contributed by atoms with Gasteiger partial charge in [-0.3, -0.25) is 4.79 Å². The predicted molar refractivity (Wildman–Crippen MR) is 124 cm³/mol. The van der Waals surface area contributed by atoms with Crippen LogP contribution in [0.25, 0.3) is 16.9 Å². The van der Waals surface area contributed by atoms with Gasteiger partial charge in [0.1, 0.15) is 19.4 Å². The molecule has 1 saturated carbocycles. The lowest BCUT2D eigenvalue weighted by atomic mass is 10.0. The van der Waals surface area contributed by atoms with Crippen molar-refractivity contribution in [1.29, 1.82) is 0 Å². The Morgan fingerprint density at radius 2 is 1.91 bits per heavy atom. The lowest BCUT2D eigenvalue weighted by molar-refractivity contribution is -0.122. The molecule has 4 aromatic rings. The Kier molecular flexibility index (Phi) is 5.27. The number of hydrogen-bond donors (Lipinski definition) is 3. The molecule has 0 saturated heterocycles. The summed E-state index contributed by atoms with van der Waals surface area (Å²) in [5.41, 5.74) is 3.35. The zero-order valence-electron chi connectivity index (χ0n) is 17.4. The van der Waals surface area contributed by atoms with Crippen molar-refractivity contribution in [1.82, 2.24) is 19.9 Å². The molecule has 2 aromatic heterocycles. The zero-order chi connectivity index (χ0) is 22.1. The molecule has 1 aliphatic rings. The van der Waals surface area contributed by atoms with E-state index in [1.807, 2.05) is 30.3 Å². The van der Waals surface area contributed by atoms with Gasteiger partial charge < -0.3 is 15.7 Å². The van der Waals surface area contributed by atoms with Gasteiger partial charge in [-0.2, -0.15) is 9.61 Å². The molecule has 2 radical (unpaired) electrons. The Bertz CT molecular complexity index is 1270. The number of amides is 1. The molecule has 1 fully saturated rings. The third-order valence-electron chi connectivity index (χ3n) is 5.76. The van der Waals surface area contributed by atoms with E-state index in [1.165, 1.54) is 5.56 Å². The topological polar surface area (TPSA) is 91.5 Å². The number of anilines is 1. The number of aromatic nitrogens is 3. The van der Waals surface area contributed by atoms with Gasteiger partial charge in [0, 0.05) is 36.8 Å². The van der Waals surface area contributed by atoms with Gasteiger partial charge in [0.05, 0.1) is 5.69 Å². The maximum absolute atomic E-state index is 12.5. The fourth-order valence-electron chi connectivity index (χ4n) is 3.99. The van der Waals surface area contributed by atoms with Gasteiger partial charge in [0.15, 0.2) is 5.65 Å². The maximum Gasteiger partial charge on any atom is 0.223 e.